The molecule has 1 saturated heterocycles. The van der Waals surface area contributed by atoms with Gasteiger partial charge in [-0.3, -0.25) is 24.5 Å². The Kier molecular flexibility index (Phi) is 3.83. The van der Waals surface area contributed by atoms with Crippen LogP contribution in [-0.4, -0.2) is 41.1 Å². The number of carbonyl (C=O) groups excluding carboxylic acids is 4. The van der Waals surface area contributed by atoms with Crippen LogP contribution in [0.3, 0.4) is 0 Å². The van der Waals surface area contributed by atoms with Crippen LogP contribution in [0.5, 0.6) is 0 Å². The second-order valence-electron chi connectivity index (χ2n) is 5.49. The number of rotatable bonds is 3. The third kappa shape index (κ3) is 2.68. The van der Waals surface area contributed by atoms with E-state index in [0.29, 0.717) is 17.7 Å². The van der Waals surface area contributed by atoms with Gasteiger partial charge in [0.25, 0.3) is 5.91 Å². The van der Waals surface area contributed by atoms with Gasteiger partial charge in [-0.1, -0.05) is 12.1 Å². The number of nitrogens with two attached hydrogens (primary N) is 1. The van der Waals surface area contributed by atoms with E-state index in [1.807, 2.05) is 0 Å². The molecule has 8 heteroatoms. The number of imide groups is 1. The van der Waals surface area contributed by atoms with Gasteiger partial charge in [-0.2, -0.15) is 0 Å². The summed E-state index contributed by atoms with van der Waals surface area (Å²) in [7, 11) is 0. The van der Waals surface area contributed by atoms with E-state index in [-0.39, 0.29) is 31.3 Å². The maximum Gasteiger partial charge on any atom is 0.257 e. The van der Waals surface area contributed by atoms with Gasteiger partial charge in [0.05, 0.1) is 17.8 Å². The Bertz CT molecular complexity index is 715. The maximum absolute atomic E-state index is 12.7. The van der Waals surface area contributed by atoms with Crippen LogP contribution in [-0.2, 0) is 20.9 Å². The lowest BCUT2D eigenvalue weighted by Gasteiger charge is -2.29. The van der Waals surface area contributed by atoms with Crippen molar-refractivity contribution in [2.45, 2.75) is 25.4 Å². The zero-order valence-corrected chi connectivity index (χ0v) is 12.3. The van der Waals surface area contributed by atoms with Crippen LogP contribution >= 0.6 is 0 Å². The van der Waals surface area contributed by atoms with Crippen molar-refractivity contribution in [2.75, 3.05) is 11.9 Å². The number of piperidine rings is 1. The highest BCUT2D eigenvalue weighted by Gasteiger charge is 2.40. The molecule has 0 saturated carbocycles. The molecule has 0 spiro atoms. The molecule has 120 valence electrons. The first-order valence-electron chi connectivity index (χ1n) is 7.27. The fraction of sp³-hybridized carbons (Fsp3) is 0.333. The number of anilines is 1. The molecule has 2 aliphatic rings. The molecule has 0 aliphatic carbocycles. The molecular weight excluding hydrogens is 300 g/mol. The van der Waals surface area contributed by atoms with Crippen molar-refractivity contribution >= 4 is 29.3 Å². The Morgan fingerprint density at radius 1 is 1.35 bits per heavy atom. The first kappa shape index (κ1) is 15.2. The number of fused-ring (bicyclic) bond motifs is 1. The molecule has 3 rings (SSSR count). The Hall–Kier alpha value is -2.74. The molecule has 2 heterocycles. The highest BCUT2D eigenvalue weighted by atomic mass is 16.2. The summed E-state index contributed by atoms with van der Waals surface area (Å²) in [5, 5.41) is 4.85. The Morgan fingerprint density at radius 2 is 2.13 bits per heavy atom. The summed E-state index contributed by atoms with van der Waals surface area (Å²) in [5.74, 6) is -1.52. The fourth-order valence-corrected chi connectivity index (χ4v) is 2.92. The van der Waals surface area contributed by atoms with Crippen molar-refractivity contribution in [1.82, 2.24) is 10.2 Å². The molecule has 1 atom stereocenters. The minimum absolute atomic E-state index is 0.186. The van der Waals surface area contributed by atoms with Gasteiger partial charge in [0.15, 0.2) is 0 Å². The summed E-state index contributed by atoms with van der Waals surface area (Å²) < 4.78 is 0. The van der Waals surface area contributed by atoms with E-state index in [9.17, 15) is 19.2 Å². The minimum Gasteiger partial charge on any atom is -0.324 e. The van der Waals surface area contributed by atoms with Gasteiger partial charge < -0.3 is 16.0 Å². The second-order valence-corrected chi connectivity index (χ2v) is 5.49. The van der Waals surface area contributed by atoms with E-state index in [1.54, 1.807) is 18.2 Å². The normalized spacial score (nSPS) is 20.3. The first-order chi connectivity index (χ1) is 11.0. The van der Waals surface area contributed by atoms with Gasteiger partial charge in [0, 0.05) is 13.0 Å². The first-order valence-corrected chi connectivity index (χ1v) is 7.27. The standard InChI is InChI=1S/C15H16N4O4/c16-6-12(21)17-9-3-1-2-8-7-19(15(23)13(8)9)10-4-5-11(20)18-14(10)22/h1-3,10H,4-7,16H2,(H,17,21)(H,18,20,22). The molecule has 1 aromatic rings. The molecule has 8 nitrogen and oxygen atoms in total. The predicted molar refractivity (Wildman–Crippen MR) is 80.2 cm³/mol. The van der Waals surface area contributed by atoms with Gasteiger partial charge >= 0.3 is 0 Å². The lowest BCUT2D eigenvalue weighted by atomic mass is 10.0. The molecular formula is C15H16N4O4. The monoisotopic (exact) mass is 316 g/mol. The van der Waals surface area contributed by atoms with E-state index in [0.717, 1.165) is 5.56 Å². The average Bonchev–Trinajstić information content (AvgIpc) is 2.85. The largest absolute Gasteiger partial charge is 0.324 e. The highest BCUT2D eigenvalue weighted by molar-refractivity contribution is 6.09. The van der Waals surface area contributed by atoms with Gasteiger partial charge in [-0.05, 0) is 18.1 Å². The smallest absolute Gasteiger partial charge is 0.257 e. The summed E-state index contributed by atoms with van der Waals surface area (Å²) in [6.07, 6.45) is 0.502. The molecule has 4 N–H and O–H groups in total. The van der Waals surface area contributed by atoms with Crippen LogP contribution < -0.4 is 16.4 Å². The topological polar surface area (TPSA) is 122 Å². The van der Waals surface area contributed by atoms with Crippen molar-refractivity contribution in [3.63, 3.8) is 0 Å². The van der Waals surface area contributed by atoms with E-state index in [4.69, 9.17) is 5.73 Å². The third-order valence-corrected chi connectivity index (χ3v) is 4.01. The van der Waals surface area contributed by atoms with Crippen molar-refractivity contribution in [2.24, 2.45) is 5.73 Å². The number of benzene rings is 1. The highest BCUT2D eigenvalue weighted by Crippen LogP contribution is 2.32. The van der Waals surface area contributed by atoms with Crippen molar-refractivity contribution in [1.29, 1.82) is 0 Å². The number of hydrogen-bond donors (Lipinski definition) is 3. The SMILES string of the molecule is NCC(=O)Nc1cccc2c1C(=O)N(C1CCC(=O)NC1=O)C2. The van der Waals surface area contributed by atoms with Gasteiger partial charge in [0.2, 0.25) is 17.7 Å². The van der Waals surface area contributed by atoms with Crippen LogP contribution in [0.15, 0.2) is 18.2 Å². The molecule has 1 unspecified atom stereocenters. The molecule has 4 amide bonds. The predicted octanol–water partition coefficient (Wildman–Crippen LogP) is -0.655. The number of hydrogen-bond acceptors (Lipinski definition) is 5. The second kappa shape index (κ2) is 5.81. The van der Waals surface area contributed by atoms with Gasteiger partial charge in [0.1, 0.15) is 6.04 Å². The summed E-state index contributed by atoms with van der Waals surface area (Å²) >= 11 is 0. The summed E-state index contributed by atoms with van der Waals surface area (Å²) in [6.45, 7) is 0.0848. The lowest BCUT2D eigenvalue weighted by Crippen LogP contribution is -2.52. The van der Waals surface area contributed by atoms with Crippen LogP contribution in [0.1, 0.15) is 28.8 Å². The summed E-state index contributed by atoms with van der Waals surface area (Å²) in [5.41, 5.74) is 6.77. The lowest BCUT2D eigenvalue weighted by molar-refractivity contribution is -0.137. The molecule has 0 bridgehead atoms. The molecule has 0 aromatic heterocycles. The van der Waals surface area contributed by atoms with Crippen molar-refractivity contribution < 1.29 is 19.2 Å². The third-order valence-electron chi connectivity index (χ3n) is 4.01. The van der Waals surface area contributed by atoms with Gasteiger partial charge in [-0.25, -0.2) is 0 Å². The number of nitrogens with one attached hydrogen (secondary N) is 2. The molecule has 0 radical (unpaired) electrons. The maximum atomic E-state index is 12.7. The van der Waals surface area contributed by atoms with E-state index in [2.05, 4.69) is 10.6 Å². The number of amides is 4. The summed E-state index contributed by atoms with van der Waals surface area (Å²) in [6, 6.07) is 4.45. The van der Waals surface area contributed by atoms with Crippen LogP contribution in [0, 0.1) is 0 Å². The fourth-order valence-electron chi connectivity index (χ4n) is 2.92. The molecule has 23 heavy (non-hydrogen) atoms. The van der Waals surface area contributed by atoms with E-state index in [1.165, 1.54) is 4.90 Å². The minimum atomic E-state index is -0.675. The zero-order chi connectivity index (χ0) is 16.6. The Balaban J connectivity index is 1.87. The molecule has 1 aromatic carbocycles. The van der Waals surface area contributed by atoms with Crippen molar-refractivity contribution in [3.05, 3.63) is 29.3 Å². The Labute approximate surface area is 132 Å². The van der Waals surface area contributed by atoms with Crippen LogP contribution in [0.4, 0.5) is 5.69 Å². The Morgan fingerprint density at radius 3 is 2.83 bits per heavy atom. The number of nitrogens with zero attached hydrogens (tertiary/aromatic N) is 1. The van der Waals surface area contributed by atoms with Crippen LogP contribution in [0.25, 0.3) is 0 Å². The zero-order valence-electron chi connectivity index (χ0n) is 12.3. The number of carbonyl (C=O) groups is 4. The van der Waals surface area contributed by atoms with Crippen LogP contribution in [0.2, 0.25) is 0 Å². The summed E-state index contributed by atoms with van der Waals surface area (Å²) in [4.78, 5) is 48.9. The van der Waals surface area contributed by atoms with E-state index >= 15 is 0 Å². The van der Waals surface area contributed by atoms with Gasteiger partial charge in [-0.15, -0.1) is 0 Å². The quantitative estimate of drug-likeness (QED) is 0.639. The molecule has 1 fully saturated rings. The molecule has 2 aliphatic heterocycles. The van der Waals surface area contributed by atoms with Crippen molar-refractivity contribution in [3.8, 4) is 0 Å². The average molecular weight is 316 g/mol. The van der Waals surface area contributed by atoms with E-state index < -0.39 is 17.9 Å².